The van der Waals surface area contributed by atoms with E-state index in [0.29, 0.717) is 6.61 Å². The van der Waals surface area contributed by atoms with Crippen molar-refractivity contribution >= 4 is 22.9 Å². The molecule has 0 spiro atoms. The topological polar surface area (TPSA) is 44.8 Å². The Kier molecular flexibility index (Phi) is 11.1. The Morgan fingerprint density at radius 2 is 1.50 bits per heavy atom. The van der Waals surface area contributed by atoms with Gasteiger partial charge < -0.3 is 18.4 Å². The highest BCUT2D eigenvalue weighted by atomic mass is 28.4. The van der Waals surface area contributed by atoms with Crippen LogP contribution in [0.4, 0.5) is 0 Å². The summed E-state index contributed by atoms with van der Waals surface area (Å²) < 4.78 is 18.8. The first kappa shape index (κ1) is 26.0. The lowest BCUT2D eigenvalue weighted by Crippen LogP contribution is -2.48. The van der Waals surface area contributed by atoms with E-state index in [1.54, 1.807) is 7.11 Å². The molecule has 0 saturated carbocycles. The Labute approximate surface area is 164 Å². The van der Waals surface area contributed by atoms with E-state index >= 15 is 0 Å². The molecule has 0 rings (SSSR count). The summed E-state index contributed by atoms with van der Waals surface area (Å²) in [4.78, 5) is 11.6. The van der Waals surface area contributed by atoms with Crippen LogP contribution in [0.15, 0.2) is 0 Å². The van der Waals surface area contributed by atoms with Crippen molar-refractivity contribution in [3.63, 3.8) is 0 Å². The molecule has 156 valence electrons. The van der Waals surface area contributed by atoms with Crippen LogP contribution in [0.25, 0.3) is 0 Å². The van der Waals surface area contributed by atoms with E-state index in [4.69, 9.17) is 13.6 Å². The average Bonchev–Trinajstić information content (AvgIpc) is 2.57. The summed E-state index contributed by atoms with van der Waals surface area (Å²) in [5, 5.41) is 0.139. The van der Waals surface area contributed by atoms with Crippen molar-refractivity contribution in [1.29, 1.82) is 0 Å². The van der Waals surface area contributed by atoms with Crippen LogP contribution in [0.5, 0.6) is 0 Å². The van der Waals surface area contributed by atoms with Crippen molar-refractivity contribution in [2.75, 3.05) is 13.7 Å². The third-order valence-corrected chi connectivity index (χ3v) is 15.5. The molecule has 0 heterocycles. The highest BCUT2D eigenvalue weighted by Gasteiger charge is 2.41. The van der Waals surface area contributed by atoms with Crippen molar-refractivity contribution in [3.05, 3.63) is 0 Å². The normalized spacial score (nSPS) is 17.0. The number of aldehydes is 1. The van der Waals surface area contributed by atoms with Gasteiger partial charge in [-0.25, -0.2) is 0 Å². The second-order valence-corrected chi connectivity index (χ2v) is 18.6. The zero-order valence-corrected chi connectivity index (χ0v) is 21.0. The van der Waals surface area contributed by atoms with Crippen LogP contribution in [-0.2, 0) is 18.4 Å². The lowest BCUT2D eigenvalue weighted by atomic mass is 10.0. The largest absolute Gasteiger partial charge is 0.413 e. The Morgan fingerprint density at radius 1 is 1.00 bits per heavy atom. The highest BCUT2D eigenvalue weighted by Crippen LogP contribution is 2.38. The molecule has 0 aromatic carbocycles. The van der Waals surface area contributed by atoms with Gasteiger partial charge in [0.05, 0.1) is 18.8 Å². The van der Waals surface area contributed by atoms with E-state index in [9.17, 15) is 4.79 Å². The van der Waals surface area contributed by atoms with Crippen LogP contribution in [0.1, 0.15) is 54.9 Å². The molecule has 6 heteroatoms. The number of hydrogen-bond acceptors (Lipinski definition) is 4. The quantitative estimate of drug-likeness (QED) is 0.294. The molecule has 4 nitrogen and oxygen atoms in total. The van der Waals surface area contributed by atoms with Crippen molar-refractivity contribution < 1.29 is 18.4 Å². The summed E-state index contributed by atoms with van der Waals surface area (Å²) in [5.74, 6) is -0.131. The summed E-state index contributed by atoms with van der Waals surface area (Å²) in [5.41, 5.74) is 0. The maximum Gasteiger partial charge on any atom is 0.192 e. The van der Waals surface area contributed by atoms with E-state index in [0.717, 1.165) is 30.8 Å². The predicted molar refractivity (Wildman–Crippen MR) is 116 cm³/mol. The number of ether oxygens (including phenoxy) is 1. The van der Waals surface area contributed by atoms with Gasteiger partial charge in [-0.05, 0) is 36.3 Å². The van der Waals surface area contributed by atoms with Crippen LogP contribution in [0.2, 0.25) is 36.3 Å². The molecule has 3 atom stereocenters. The van der Waals surface area contributed by atoms with Gasteiger partial charge in [-0.15, -0.1) is 0 Å². The van der Waals surface area contributed by atoms with Crippen LogP contribution in [-0.4, -0.2) is 48.8 Å². The maximum absolute atomic E-state index is 11.6. The van der Waals surface area contributed by atoms with E-state index in [1.807, 2.05) is 6.92 Å². The van der Waals surface area contributed by atoms with Gasteiger partial charge in [-0.1, -0.05) is 48.5 Å². The number of carbonyl (C=O) groups is 1. The fourth-order valence-electron chi connectivity index (χ4n) is 2.97. The standard InChI is InChI=1S/C20H44O4Si2/c1-11-26(12-2,13-3)24-19(17(4)15-21)14-18(16-22-8)23-25(9,10)20(5,6)7/h15,17-19H,11-14,16H2,1-10H3/t17-,18-,19-/m1/s1. The van der Waals surface area contributed by atoms with E-state index in [-0.39, 0.29) is 23.2 Å². The molecule has 0 N–H and O–H groups in total. The molecule has 0 aromatic rings. The Morgan fingerprint density at radius 3 is 1.85 bits per heavy atom. The molecule has 0 aliphatic carbocycles. The van der Waals surface area contributed by atoms with Gasteiger partial charge in [0.15, 0.2) is 16.6 Å². The highest BCUT2D eigenvalue weighted by molar-refractivity contribution is 6.74. The van der Waals surface area contributed by atoms with Crippen LogP contribution in [0, 0.1) is 5.92 Å². The Hall–Kier alpha value is -0.0162. The fraction of sp³-hybridized carbons (Fsp3) is 0.950. The molecule has 0 saturated heterocycles. The first-order chi connectivity index (χ1) is 11.9. The zero-order valence-electron chi connectivity index (χ0n) is 19.0. The summed E-state index contributed by atoms with van der Waals surface area (Å²) in [6, 6.07) is 3.25. The lowest BCUT2D eigenvalue weighted by Gasteiger charge is -2.41. The molecule has 0 radical (unpaired) electrons. The molecular formula is C20H44O4Si2. The van der Waals surface area contributed by atoms with Crippen LogP contribution in [0.3, 0.4) is 0 Å². The van der Waals surface area contributed by atoms with Gasteiger partial charge in [-0.3, -0.25) is 0 Å². The minimum absolute atomic E-state index is 0.0365. The Bertz CT molecular complexity index is 395. The summed E-state index contributed by atoms with van der Waals surface area (Å²) in [7, 11) is -1.99. The third-order valence-electron chi connectivity index (χ3n) is 6.25. The molecule has 0 aromatic heterocycles. The first-order valence-corrected chi connectivity index (χ1v) is 15.7. The van der Waals surface area contributed by atoms with Crippen LogP contribution < -0.4 is 0 Å². The summed E-state index contributed by atoms with van der Waals surface area (Å²) in [6.45, 7) is 20.4. The van der Waals surface area contributed by atoms with Gasteiger partial charge in [0, 0.05) is 19.4 Å². The fourth-order valence-corrected chi connectivity index (χ4v) is 7.27. The molecule has 0 amide bonds. The van der Waals surface area contributed by atoms with Gasteiger partial charge in [0.25, 0.3) is 0 Å². The number of rotatable bonds is 13. The van der Waals surface area contributed by atoms with Crippen molar-refractivity contribution in [2.24, 2.45) is 5.92 Å². The first-order valence-electron chi connectivity index (χ1n) is 10.2. The van der Waals surface area contributed by atoms with E-state index < -0.39 is 16.6 Å². The second-order valence-electron chi connectivity index (χ2n) is 9.09. The van der Waals surface area contributed by atoms with Crippen molar-refractivity contribution in [2.45, 2.75) is 103 Å². The smallest absolute Gasteiger partial charge is 0.192 e. The van der Waals surface area contributed by atoms with E-state index in [2.05, 4.69) is 54.6 Å². The molecule has 0 bridgehead atoms. The van der Waals surface area contributed by atoms with Gasteiger partial charge >= 0.3 is 0 Å². The second kappa shape index (κ2) is 11.1. The molecule has 0 aliphatic heterocycles. The van der Waals surface area contributed by atoms with Gasteiger partial charge in [0.2, 0.25) is 0 Å². The molecule has 0 fully saturated rings. The molecule has 0 aliphatic rings. The van der Waals surface area contributed by atoms with Gasteiger partial charge in [0.1, 0.15) is 6.29 Å². The monoisotopic (exact) mass is 404 g/mol. The van der Waals surface area contributed by atoms with Gasteiger partial charge in [-0.2, -0.15) is 0 Å². The van der Waals surface area contributed by atoms with Crippen molar-refractivity contribution in [1.82, 2.24) is 0 Å². The van der Waals surface area contributed by atoms with Crippen molar-refractivity contribution in [3.8, 4) is 0 Å². The lowest BCUT2D eigenvalue weighted by molar-refractivity contribution is -0.113. The molecule has 0 unspecified atom stereocenters. The minimum atomic E-state index is -1.91. The number of carbonyl (C=O) groups excluding carboxylic acids is 1. The van der Waals surface area contributed by atoms with Crippen LogP contribution >= 0.6 is 0 Å². The predicted octanol–water partition coefficient (Wildman–Crippen LogP) is 5.64. The minimum Gasteiger partial charge on any atom is -0.413 e. The molecular weight excluding hydrogens is 360 g/mol. The zero-order chi connectivity index (χ0) is 20.6. The molecule has 26 heavy (non-hydrogen) atoms. The van der Waals surface area contributed by atoms with E-state index in [1.165, 1.54) is 0 Å². The Balaban J connectivity index is 5.44. The summed E-state index contributed by atoms with van der Waals surface area (Å²) >= 11 is 0. The average molecular weight is 405 g/mol. The third kappa shape index (κ3) is 7.54. The maximum atomic E-state index is 11.6. The number of hydrogen-bond donors (Lipinski definition) is 0. The number of methoxy groups -OCH3 is 1. The SMILES string of the molecule is CC[Si](CC)(CC)O[C@H](C[C@H](COC)O[Si](C)(C)C(C)(C)C)[C@H](C)C=O. The summed E-state index contributed by atoms with van der Waals surface area (Å²) in [6.07, 6.45) is 1.62.